The van der Waals surface area contributed by atoms with Gasteiger partial charge in [-0.1, -0.05) is 34.1 Å². The predicted molar refractivity (Wildman–Crippen MR) is 90.2 cm³/mol. The third-order valence-electron chi connectivity index (χ3n) is 2.94. The molecule has 0 radical (unpaired) electrons. The summed E-state index contributed by atoms with van der Waals surface area (Å²) in [5, 5.41) is 2.65. The van der Waals surface area contributed by atoms with Crippen LogP contribution in [0.15, 0.2) is 53.0 Å². The SMILES string of the molecule is COCc1ccc(C(=O)OCC(=O)Nc2cccc(Br)c2)cc1. The first-order valence-electron chi connectivity index (χ1n) is 6.89. The van der Waals surface area contributed by atoms with Gasteiger partial charge in [0, 0.05) is 17.3 Å². The number of anilines is 1. The summed E-state index contributed by atoms with van der Waals surface area (Å²) in [6, 6.07) is 14.0. The molecule has 0 atom stereocenters. The van der Waals surface area contributed by atoms with Gasteiger partial charge in [-0.2, -0.15) is 0 Å². The van der Waals surface area contributed by atoms with Gasteiger partial charge in [0.1, 0.15) is 0 Å². The first kappa shape index (κ1) is 17.2. The van der Waals surface area contributed by atoms with Crippen LogP contribution >= 0.6 is 15.9 Å². The molecule has 0 fully saturated rings. The Labute approximate surface area is 142 Å². The molecular formula is C17H16BrNO4. The van der Waals surface area contributed by atoms with Gasteiger partial charge >= 0.3 is 5.97 Å². The van der Waals surface area contributed by atoms with Crippen molar-refractivity contribution in [3.05, 3.63) is 64.1 Å². The maximum absolute atomic E-state index is 11.9. The third kappa shape index (κ3) is 5.50. The number of carbonyl (C=O) groups is 2. The largest absolute Gasteiger partial charge is 0.452 e. The van der Waals surface area contributed by atoms with Gasteiger partial charge < -0.3 is 14.8 Å². The Kier molecular flexibility index (Phi) is 6.31. The Bertz CT molecular complexity index is 685. The number of benzene rings is 2. The normalized spacial score (nSPS) is 10.2. The number of rotatable bonds is 6. The molecule has 0 aromatic heterocycles. The lowest BCUT2D eigenvalue weighted by Crippen LogP contribution is -2.20. The standard InChI is InChI=1S/C17H16BrNO4/c1-22-10-12-5-7-13(8-6-12)17(21)23-11-16(20)19-15-4-2-3-14(18)9-15/h2-9H,10-11H2,1H3,(H,19,20). The summed E-state index contributed by atoms with van der Waals surface area (Å²) >= 11 is 3.32. The van der Waals surface area contributed by atoms with Gasteiger partial charge in [-0.3, -0.25) is 4.79 Å². The smallest absolute Gasteiger partial charge is 0.338 e. The van der Waals surface area contributed by atoms with Gasteiger partial charge in [0.25, 0.3) is 5.91 Å². The molecular weight excluding hydrogens is 362 g/mol. The third-order valence-corrected chi connectivity index (χ3v) is 3.44. The van der Waals surface area contributed by atoms with Crippen molar-refractivity contribution in [3.63, 3.8) is 0 Å². The predicted octanol–water partition coefficient (Wildman–Crippen LogP) is 3.39. The monoisotopic (exact) mass is 377 g/mol. The second kappa shape index (κ2) is 8.45. The van der Waals surface area contributed by atoms with E-state index in [9.17, 15) is 9.59 Å². The van der Waals surface area contributed by atoms with E-state index in [0.717, 1.165) is 10.0 Å². The molecule has 2 rings (SSSR count). The Morgan fingerprint density at radius 1 is 1.13 bits per heavy atom. The average Bonchev–Trinajstić information content (AvgIpc) is 2.54. The summed E-state index contributed by atoms with van der Waals surface area (Å²) in [5.74, 6) is -0.939. The molecule has 0 aliphatic heterocycles. The van der Waals surface area contributed by atoms with Crippen LogP contribution in [-0.4, -0.2) is 25.6 Å². The lowest BCUT2D eigenvalue weighted by Gasteiger charge is -2.07. The fourth-order valence-electron chi connectivity index (χ4n) is 1.88. The van der Waals surface area contributed by atoms with Gasteiger partial charge in [-0.05, 0) is 35.9 Å². The van der Waals surface area contributed by atoms with Crippen molar-refractivity contribution in [1.82, 2.24) is 0 Å². The van der Waals surface area contributed by atoms with Gasteiger partial charge in [0.15, 0.2) is 6.61 Å². The van der Waals surface area contributed by atoms with Crippen LogP contribution in [0.25, 0.3) is 0 Å². The van der Waals surface area contributed by atoms with Gasteiger partial charge in [0.05, 0.1) is 12.2 Å². The Hall–Kier alpha value is -2.18. The van der Waals surface area contributed by atoms with Crippen LogP contribution in [0.4, 0.5) is 5.69 Å². The van der Waals surface area contributed by atoms with E-state index >= 15 is 0 Å². The molecule has 1 amide bonds. The molecule has 0 saturated carbocycles. The van der Waals surface area contributed by atoms with Crippen LogP contribution in [0.2, 0.25) is 0 Å². The average molecular weight is 378 g/mol. The Balaban J connectivity index is 1.84. The molecule has 0 aliphatic carbocycles. The highest BCUT2D eigenvalue weighted by atomic mass is 79.9. The number of amides is 1. The minimum Gasteiger partial charge on any atom is -0.452 e. The van der Waals surface area contributed by atoms with Gasteiger partial charge in [0.2, 0.25) is 0 Å². The summed E-state index contributed by atoms with van der Waals surface area (Å²) < 4.78 is 10.8. The highest BCUT2D eigenvalue weighted by Crippen LogP contribution is 2.15. The van der Waals surface area contributed by atoms with E-state index in [1.54, 1.807) is 49.6 Å². The topological polar surface area (TPSA) is 64.6 Å². The number of hydrogen-bond donors (Lipinski definition) is 1. The summed E-state index contributed by atoms with van der Waals surface area (Å²) in [6.07, 6.45) is 0. The number of ether oxygens (including phenoxy) is 2. The van der Waals surface area contributed by atoms with Crippen molar-refractivity contribution in [2.75, 3.05) is 19.0 Å². The van der Waals surface area contributed by atoms with Crippen LogP contribution in [0.3, 0.4) is 0 Å². The molecule has 120 valence electrons. The zero-order chi connectivity index (χ0) is 16.7. The van der Waals surface area contributed by atoms with Gasteiger partial charge in [-0.25, -0.2) is 4.79 Å². The van der Waals surface area contributed by atoms with Crippen molar-refractivity contribution in [1.29, 1.82) is 0 Å². The second-order valence-corrected chi connectivity index (χ2v) is 5.68. The molecule has 2 aromatic carbocycles. The number of carbonyl (C=O) groups excluding carboxylic acids is 2. The van der Waals surface area contributed by atoms with E-state index in [2.05, 4.69) is 21.2 Å². The van der Waals surface area contributed by atoms with E-state index in [1.807, 2.05) is 6.07 Å². The molecule has 5 nitrogen and oxygen atoms in total. The molecule has 1 N–H and O–H groups in total. The van der Waals surface area contributed by atoms with Crippen LogP contribution in [0.1, 0.15) is 15.9 Å². The summed E-state index contributed by atoms with van der Waals surface area (Å²) in [5.41, 5.74) is 1.97. The lowest BCUT2D eigenvalue weighted by atomic mass is 10.1. The van der Waals surface area contributed by atoms with Crippen LogP contribution in [-0.2, 0) is 20.9 Å². The maximum Gasteiger partial charge on any atom is 0.338 e. The molecule has 0 spiro atoms. The zero-order valence-electron chi connectivity index (χ0n) is 12.5. The minimum absolute atomic E-state index is 0.342. The van der Waals surface area contributed by atoms with Gasteiger partial charge in [-0.15, -0.1) is 0 Å². The first-order chi connectivity index (χ1) is 11.1. The molecule has 0 bridgehead atoms. The van der Waals surface area contributed by atoms with E-state index in [4.69, 9.17) is 9.47 Å². The number of methoxy groups -OCH3 is 1. The minimum atomic E-state index is -0.543. The molecule has 0 unspecified atom stereocenters. The molecule has 6 heteroatoms. The van der Waals surface area contributed by atoms with Crippen LogP contribution in [0.5, 0.6) is 0 Å². The highest BCUT2D eigenvalue weighted by Gasteiger charge is 2.10. The molecule has 2 aromatic rings. The number of nitrogens with one attached hydrogen (secondary N) is 1. The lowest BCUT2D eigenvalue weighted by molar-refractivity contribution is -0.119. The van der Waals surface area contributed by atoms with Crippen molar-refractivity contribution < 1.29 is 19.1 Å². The van der Waals surface area contributed by atoms with E-state index < -0.39 is 11.9 Å². The highest BCUT2D eigenvalue weighted by molar-refractivity contribution is 9.10. The molecule has 0 saturated heterocycles. The summed E-state index contributed by atoms with van der Waals surface area (Å²) in [4.78, 5) is 23.7. The number of halogens is 1. The molecule has 23 heavy (non-hydrogen) atoms. The van der Waals surface area contributed by atoms with Crippen LogP contribution in [0, 0.1) is 0 Å². The maximum atomic E-state index is 11.9. The quantitative estimate of drug-likeness (QED) is 0.783. The first-order valence-corrected chi connectivity index (χ1v) is 7.68. The van der Waals surface area contributed by atoms with Crippen molar-refractivity contribution in [2.24, 2.45) is 0 Å². The van der Waals surface area contributed by atoms with E-state index in [1.165, 1.54) is 0 Å². The molecule has 0 aliphatic rings. The Morgan fingerprint density at radius 2 is 1.87 bits per heavy atom. The zero-order valence-corrected chi connectivity index (χ0v) is 14.1. The van der Waals surface area contributed by atoms with E-state index in [0.29, 0.717) is 17.9 Å². The fraction of sp³-hybridized carbons (Fsp3) is 0.176. The van der Waals surface area contributed by atoms with Crippen molar-refractivity contribution in [3.8, 4) is 0 Å². The van der Waals surface area contributed by atoms with Crippen molar-refractivity contribution >= 4 is 33.5 Å². The Morgan fingerprint density at radius 3 is 2.52 bits per heavy atom. The molecule has 0 heterocycles. The number of esters is 1. The summed E-state index contributed by atoms with van der Waals surface area (Å²) in [6.45, 7) is 0.134. The number of hydrogen-bond acceptors (Lipinski definition) is 4. The second-order valence-electron chi connectivity index (χ2n) is 4.76. The summed E-state index contributed by atoms with van der Waals surface area (Å²) in [7, 11) is 1.60. The van der Waals surface area contributed by atoms with Crippen molar-refractivity contribution in [2.45, 2.75) is 6.61 Å². The van der Waals surface area contributed by atoms with E-state index in [-0.39, 0.29) is 6.61 Å². The fourth-order valence-corrected chi connectivity index (χ4v) is 2.28. The van der Waals surface area contributed by atoms with Crippen LogP contribution < -0.4 is 5.32 Å².